The Balaban J connectivity index is 1.46. The lowest BCUT2D eigenvalue weighted by Crippen LogP contribution is -2.39. The Bertz CT molecular complexity index is 853. The van der Waals surface area contributed by atoms with Gasteiger partial charge >= 0.3 is 0 Å². The number of aromatic nitrogens is 5. The smallest absolute Gasteiger partial charge is 0.232 e. The number of aryl methyl sites for hydroxylation is 2. The maximum absolute atomic E-state index is 5.98. The van der Waals surface area contributed by atoms with E-state index in [4.69, 9.17) is 4.74 Å². The Morgan fingerprint density at radius 3 is 2.71 bits per heavy atom. The van der Waals surface area contributed by atoms with E-state index in [1.165, 1.54) is 0 Å². The summed E-state index contributed by atoms with van der Waals surface area (Å²) in [7, 11) is 0. The molecule has 0 radical (unpaired) electrons. The van der Waals surface area contributed by atoms with Gasteiger partial charge in [0.15, 0.2) is 5.65 Å². The molecule has 3 aromatic heterocycles. The zero-order chi connectivity index (χ0) is 16.5. The van der Waals surface area contributed by atoms with Gasteiger partial charge in [-0.3, -0.25) is 4.98 Å². The van der Waals surface area contributed by atoms with Gasteiger partial charge < -0.3 is 9.64 Å². The Hall–Kier alpha value is -2.70. The molecule has 4 heterocycles. The van der Waals surface area contributed by atoms with Crippen LogP contribution >= 0.6 is 0 Å². The van der Waals surface area contributed by atoms with Gasteiger partial charge in [-0.15, -0.1) is 0 Å². The van der Waals surface area contributed by atoms with Crippen molar-refractivity contribution >= 4 is 11.5 Å². The van der Waals surface area contributed by atoms with Gasteiger partial charge in [-0.2, -0.15) is 9.61 Å². The van der Waals surface area contributed by atoms with Crippen molar-refractivity contribution in [1.82, 2.24) is 24.6 Å². The van der Waals surface area contributed by atoms with Crippen LogP contribution < -0.4 is 9.64 Å². The summed E-state index contributed by atoms with van der Waals surface area (Å²) >= 11 is 0. The van der Waals surface area contributed by atoms with E-state index in [0.717, 1.165) is 48.8 Å². The van der Waals surface area contributed by atoms with E-state index in [1.54, 1.807) is 18.6 Å². The average molecular weight is 324 g/mol. The molecule has 1 aliphatic rings. The van der Waals surface area contributed by atoms with E-state index >= 15 is 0 Å². The topological polar surface area (TPSA) is 68.4 Å². The van der Waals surface area contributed by atoms with E-state index in [0.29, 0.717) is 5.88 Å². The first-order valence-corrected chi connectivity index (χ1v) is 8.21. The molecule has 1 aliphatic heterocycles. The van der Waals surface area contributed by atoms with Crippen LogP contribution in [-0.2, 0) is 0 Å². The summed E-state index contributed by atoms with van der Waals surface area (Å²) in [5.41, 5.74) is 2.77. The minimum Gasteiger partial charge on any atom is -0.473 e. The third-order valence-corrected chi connectivity index (χ3v) is 4.25. The number of ether oxygens (including phenoxy) is 1. The highest BCUT2D eigenvalue weighted by atomic mass is 16.5. The molecule has 0 unspecified atom stereocenters. The van der Waals surface area contributed by atoms with E-state index in [2.05, 4.69) is 31.0 Å². The van der Waals surface area contributed by atoms with Gasteiger partial charge in [0, 0.05) is 50.0 Å². The molecule has 7 nitrogen and oxygen atoms in total. The Morgan fingerprint density at radius 2 is 1.92 bits per heavy atom. The van der Waals surface area contributed by atoms with Crippen molar-refractivity contribution in [3.63, 3.8) is 0 Å². The predicted octanol–water partition coefficient (Wildman–Crippen LogP) is 2.18. The fraction of sp³-hybridized carbons (Fsp3) is 0.412. The Labute approximate surface area is 140 Å². The van der Waals surface area contributed by atoms with Crippen LogP contribution in [0.4, 0.5) is 5.82 Å². The molecule has 0 bridgehead atoms. The monoisotopic (exact) mass is 324 g/mol. The lowest BCUT2D eigenvalue weighted by atomic mass is 10.1. The van der Waals surface area contributed by atoms with Crippen LogP contribution in [0.15, 0.2) is 30.7 Å². The highest BCUT2D eigenvalue weighted by Crippen LogP contribution is 2.23. The molecular formula is C17H20N6O. The summed E-state index contributed by atoms with van der Waals surface area (Å²) < 4.78 is 7.88. The SMILES string of the molecule is Cc1cncc(OC2CCN(c3cc(C)nc4ccnn34)CC2)n1. The van der Waals surface area contributed by atoms with Crippen molar-refractivity contribution in [2.45, 2.75) is 32.8 Å². The van der Waals surface area contributed by atoms with Crippen molar-refractivity contribution in [3.05, 3.63) is 42.1 Å². The lowest BCUT2D eigenvalue weighted by molar-refractivity contribution is 0.162. The summed E-state index contributed by atoms with van der Waals surface area (Å²) in [5.74, 6) is 1.71. The largest absolute Gasteiger partial charge is 0.473 e. The molecule has 24 heavy (non-hydrogen) atoms. The minimum absolute atomic E-state index is 0.174. The summed E-state index contributed by atoms with van der Waals surface area (Å²) in [6.07, 6.45) is 7.26. The summed E-state index contributed by atoms with van der Waals surface area (Å²) in [6, 6.07) is 4.02. The molecule has 0 aliphatic carbocycles. The highest BCUT2D eigenvalue weighted by Gasteiger charge is 2.23. The van der Waals surface area contributed by atoms with E-state index in [1.807, 2.05) is 24.4 Å². The van der Waals surface area contributed by atoms with Gasteiger partial charge in [0.05, 0.1) is 18.1 Å². The number of piperidine rings is 1. The number of hydrogen-bond acceptors (Lipinski definition) is 6. The molecule has 1 saturated heterocycles. The number of rotatable bonds is 3. The zero-order valence-electron chi connectivity index (χ0n) is 13.9. The normalized spacial score (nSPS) is 15.8. The van der Waals surface area contributed by atoms with Gasteiger partial charge in [0.1, 0.15) is 11.9 Å². The second kappa shape index (κ2) is 6.07. The maximum atomic E-state index is 5.98. The Kier molecular flexibility index (Phi) is 3.76. The van der Waals surface area contributed by atoms with Crippen molar-refractivity contribution < 1.29 is 4.74 Å². The van der Waals surface area contributed by atoms with Gasteiger partial charge in [-0.25, -0.2) is 9.97 Å². The fourth-order valence-corrected chi connectivity index (χ4v) is 3.11. The van der Waals surface area contributed by atoms with Crippen molar-refractivity contribution in [2.75, 3.05) is 18.0 Å². The molecular weight excluding hydrogens is 304 g/mol. The Morgan fingerprint density at radius 1 is 1.08 bits per heavy atom. The third-order valence-electron chi connectivity index (χ3n) is 4.25. The van der Waals surface area contributed by atoms with Crippen LogP contribution in [-0.4, -0.2) is 43.8 Å². The van der Waals surface area contributed by atoms with Crippen LogP contribution in [0.3, 0.4) is 0 Å². The zero-order valence-corrected chi connectivity index (χ0v) is 13.9. The molecule has 1 fully saturated rings. The average Bonchev–Trinajstić information content (AvgIpc) is 3.03. The first-order valence-electron chi connectivity index (χ1n) is 8.21. The van der Waals surface area contributed by atoms with Gasteiger partial charge in [-0.1, -0.05) is 0 Å². The molecule has 7 heteroatoms. The van der Waals surface area contributed by atoms with Gasteiger partial charge in [-0.05, 0) is 13.8 Å². The molecule has 0 spiro atoms. The van der Waals surface area contributed by atoms with Crippen molar-refractivity contribution in [1.29, 1.82) is 0 Å². The summed E-state index contributed by atoms with van der Waals surface area (Å²) in [6.45, 7) is 5.77. The quantitative estimate of drug-likeness (QED) is 0.735. The summed E-state index contributed by atoms with van der Waals surface area (Å²) in [4.78, 5) is 15.4. The molecule has 0 atom stereocenters. The number of hydrogen-bond donors (Lipinski definition) is 0. The molecule has 4 rings (SSSR count). The number of fused-ring (bicyclic) bond motifs is 1. The maximum Gasteiger partial charge on any atom is 0.232 e. The summed E-state index contributed by atoms with van der Waals surface area (Å²) in [5, 5.41) is 4.39. The van der Waals surface area contributed by atoms with Crippen LogP contribution in [0.5, 0.6) is 5.88 Å². The standard InChI is InChI=1S/C17H20N6O/c1-12-9-17(23-15(20-12)3-6-19-23)22-7-4-14(5-8-22)24-16-11-18-10-13(2)21-16/h3,6,9-11,14H,4-5,7-8H2,1-2H3. The fourth-order valence-electron chi connectivity index (χ4n) is 3.11. The molecule has 0 N–H and O–H groups in total. The second-order valence-electron chi connectivity index (χ2n) is 6.16. The van der Waals surface area contributed by atoms with Crippen molar-refractivity contribution in [2.24, 2.45) is 0 Å². The highest BCUT2D eigenvalue weighted by molar-refractivity contribution is 5.50. The van der Waals surface area contributed by atoms with Crippen LogP contribution in [0.2, 0.25) is 0 Å². The van der Waals surface area contributed by atoms with Crippen LogP contribution in [0.25, 0.3) is 5.65 Å². The molecule has 0 aromatic carbocycles. The molecule has 3 aromatic rings. The number of anilines is 1. The molecule has 124 valence electrons. The first-order chi connectivity index (χ1) is 11.7. The number of nitrogens with zero attached hydrogens (tertiary/aromatic N) is 6. The van der Waals surface area contributed by atoms with Gasteiger partial charge in [0.25, 0.3) is 0 Å². The van der Waals surface area contributed by atoms with E-state index in [9.17, 15) is 0 Å². The van der Waals surface area contributed by atoms with Gasteiger partial charge in [0.2, 0.25) is 5.88 Å². The van der Waals surface area contributed by atoms with Crippen LogP contribution in [0.1, 0.15) is 24.2 Å². The third kappa shape index (κ3) is 2.89. The molecule has 0 amide bonds. The van der Waals surface area contributed by atoms with Crippen molar-refractivity contribution in [3.8, 4) is 5.88 Å². The predicted molar refractivity (Wildman–Crippen MR) is 90.4 cm³/mol. The molecule has 0 saturated carbocycles. The minimum atomic E-state index is 0.174. The first kappa shape index (κ1) is 14.9. The van der Waals surface area contributed by atoms with Crippen LogP contribution in [0, 0.1) is 13.8 Å². The lowest BCUT2D eigenvalue weighted by Gasteiger charge is -2.33. The second-order valence-corrected chi connectivity index (χ2v) is 6.16. The van der Waals surface area contributed by atoms with E-state index < -0.39 is 0 Å². The van der Waals surface area contributed by atoms with E-state index in [-0.39, 0.29) is 6.10 Å².